The number of carbonyl (C=O) groups excluding carboxylic acids is 1. The average molecular weight is 304 g/mol. The molecule has 23 heavy (non-hydrogen) atoms. The van der Waals surface area contributed by atoms with Gasteiger partial charge < -0.3 is 9.73 Å². The molecule has 2 N–H and O–H groups in total. The number of hydrogen-bond acceptors (Lipinski definition) is 4. The number of anilines is 1. The minimum atomic E-state index is 0.222. The molecular weight excluding hydrogens is 288 g/mol. The molecule has 0 unspecified atom stereocenters. The van der Waals surface area contributed by atoms with Crippen LogP contribution in [0.1, 0.15) is 27.4 Å². The highest BCUT2D eigenvalue weighted by molar-refractivity contribution is 6.12. The summed E-state index contributed by atoms with van der Waals surface area (Å²) in [5, 5.41) is 11.7. The molecule has 0 fully saturated rings. The summed E-state index contributed by atoms with van der Waals surface area (Å²) < 4.78 is 5.35. The minimum Gasteiger partial charge on any atom is -0.452 e. The van der Waals surface area contributed by atoms with Crippen LogP contribution in [0.5, 0.6) is 0 Å². The monoisotopic (exact) mass is 304 g/mol. The Labute approximate surface area is 134 Å². The summed E-state index contributed by atoms with van der Waals surface area (Å²) >= 11 is 0. The first-order valence-electron chi connectivity index (χ1n) is 7.29. The van der Waals surface area contributed by atoms with Crippen molar-refractivity contribution < 1.29 is 9.21 Å². The molecule has 0 bridgehead atoms. The van der Waals surface area contributed by atoms with Gasteiger partial charge in [-0.3, -0.25) is 10.2 Å². The second kappa shape index (κ2) is 6.75. The largest absolute Gasteiger partial charge is 0.452 e. The maximum Gasteiger partial charge on any atom is 0.185 e. The Kier molecular flexibility index (Phi) is 4.34. The van der Waals surface area contributed by atoms with Crippen LogP contribution in [0.2, 0.25) is 0 Å². The summed E-state index contributed by atoms with van der Waals surface area (Å²) in [5.41, 5.74) is 2.99. The Morgan fingerprint density at radius 3 is 2.48 bits per heavy atom. The molecular formula is C19H16N2O2. The number of carbonyl (C=O) groups is 1. The van der Waals surface area contributed by atoms with Crippen LogP contribution in [-0.2, 0) is 6.54 Å². The van der Waals surface area contributed by atoms with E-state index in [1.54, 1.807) is 12.1 Å². The van der Waals surface area contributed by atoms with Gasteiger partial charge in [0, 0.05) is 17.8 Å². The molecule has 0 aliphatic heterocycles. The van der Waals surface area contributed by atoms with Gasteiger partial charge in [-0.05, 0) is 23.8 Å². The molecule has 3 rings (SSSR count). The number of benzene rings is 2. The molecule has 3 aromatic rings. The van der Waals surface area contributed by atoms with Crippen LogP contribution < -0.4 is 5.32 Å². The van der Waals surface area contributed by atoms with Crippen LogP contribution in [-0.4, -0.2) is 12.0 Å². The highest BCUT2D eigenvalue weighted by Crippen LogP contribution is 2.21. The summed E-state index contributed by atoms with van der Waals surface area (Å²) in [7, 11) is 0. The Morgan fingerprint density at radius 1 is 1.00 bits per heavy atom. The van der Waals surface area contributed by atoms with E-state index in [1.807, 2.05) is 54.6 Å². The highest BCUT2D eigenvalue weighted by Gasteiger charge is 2.13. The Hall–Kier alpha value is -3.14. The van der Waals surface area contributed by atoms with Crippen molar-refractivity contribution in [2.45, 2.75) is 6.54 Å². The van der Waals surface area contributed by atoms with E-state index in [0.29, 0.717) is 18.6 Å². The van der Waals surface area contributed by atoms with E-state index in [2.05, 4.69) is 5.32 Å². The number of rotatable bonds is 6. The summed E-state index contributed by atoms with van der Waals surface area (Å²) in [4.78, 5) is 10.7. The van der Waals surface area contributed by atoms with Crippen LogP contribution in [0.15, 0.2) is 71.1 Å². The lowest BCUT2D eigenvalue weighted by Gasteiger charge is -2.12. The number of furan rings is 1. The standard InChI is InChI=1S/C19H16N2O2/c20-19(18-11-10-15(13-22)23-18)16-8-4-5-9-17(16)21-12-14-6-2-1-3-7-14/h1-11,13,20-21H,12H2. The second-order valence-electron chi connectivity index (χ2n) is 5.08. The van der Waals surface area contributed by atoms with Crippen molar-refractivity contribution in [2.24, 2.45) is 0 Å². The maximum absolute atomic E-state index is 10.7. The van der Waals surface area contributed by atoms with E-state index in [1.165, 1.54) is 0 Å². The summed E-state index contributed by atoms with van der Waals surface area (Å²) in [5.74, 6) is 0.598. The van der Waals surface area contributed by atoms with Crippen LogP contribution in [0.25, 0.3) is 0 Å². The first kappa shape index (κ1) is 14.8. The smallest absolute Gasteiger partial charge is 0.185 e. The van der Waals surface area contributed by atoms with E-state index < -0.39 is 0 Å². The van der Waals surface area contributed by atoms with Crippen LogP contribution in [0.4, 0.5) is 5.69 Å². The van der Waals surface area contributed by atoms with Crippen molar-refractivity contribution >= 4 is 17.7 Å². The van der Waals surface area contributed by atoms with E-state index in [-0.39, 0.29) is 11.5 Å². The maximum atomic E-state index is 10.7. The zero-order chi connectivity index (χ0) is 16.1. The van der Waals surface area contributed by atoms with E-state index in [9.17, 15) is 4.79 Å². The molecule has 4 heteroatoms. The van der Waals surface area contributed by atoms with Gasteiger partial charge in [0.15, 0.2) is 17.8 Å². The molecule has 0 aliphatic rings. The third-order valence-corrected chi connectivity index (χ3v) is 3.51. The lowest BCUT2D eigenvalue weighted by atomic mass is 10.1. The van der Waals surface area contributed by atoms with Crippen LogP contribution in [0.3, 0.4) is 0 Å². The SMILES string of the molecule is N=C(c1ccc(C=O)o1)c1ccccc1NCc1ccccc1. The van der Waals surface area contributed by atoms with Gasteiger partial charge in [-0.1, -0.05) is 48.5 Å². The topological polar surface area (TPSA) is 66.1 Å². The first-order chi connectivity index (χ1) is 11.3. The van der Waals surface area contributed by atoms with Gasteiger partial charge in [0.2, 0.25) is 0 Å². The number of nitrogens with one attached hydrogen (secondary N) is 2. The Balaban J connectivity index is 1.82. The van der Waals surface area contributed by atoms with Gasteiger partial charge in [-0.25, -0.2) is 0 Å². The van der Waals surface area contributed by atoms with Crippen molar-refractivity contribution in [3.63, 3.8) is 0 Å². The van der Waals surface area contributed by atoms with Crippen molar-refractivity contribution in [1.82, 2.24) is 0 Å². The predicted octanol–water partition coefficient (Wildman–Crippen LogP) is 4.12. The first-order valence-corrected chi connectivity index (χ1v) is 7.29. The van der Waals surface area contributed by atoms with Crippen molar-refractivity contribution in [1.29, 1.82) is 5.41 Å². The van der Waals surface area contributed by atoms with E-state index in [4.69, 9.17) is 9.83 Å². The summed E-state index contributed by atoms with van der Waals surface area (Å²) in [6, 6.07) is 20.8. The average Bonchev–Trinajstić information content (AvgIpc) is 3.10. The Bertz CT molecular complexity index is 822. The fourth-order valence-electron chi connectivity index (χ4n) is 2.33. The normalized spacial score (nSPS) is 10.3. The molecule has 2 aromatic carbocycles. The van der Waals surface area contributed by atoms with Gasteiger partial charge in [-0.2, -0.15) is 0 Å². The molecule has 0 amide bonds. The van der Waals surface area contributed by atoms with E-state index in [0.717, 1.165) is 16.8 Å². The molecule has 0 saturated heterocycles. The number of aldehydes is 1. The van der Waals surface area contributed by atoms with Gasteiger partial charge in [0.25, 0.3) is 0 Å². The molecule has 0 spiro atoms. The van der Waals surface area contributed by atoms with E-state index >= 15 is 0 Å². The lowest BCUT2D eigenvalue weighted by Crippen LogP contribution is -2.07. The number of hydrogen-bond donors (Lipinski definition) is 2. The van der Waals surface area contributed by atoms with Crippen molar-refractivity contribution in [3.8, 4) is 0 Å². The van der Waals surface area contributed by atoms with Crippen molar-refractivity contribution in [2.75, 3.05) is 5.32 Å². The molecule has 0 radical (unpaired) electrons. The molecule has 0 aliphatic carbocycles. The zero-order valence-electron chi connectivity index (χ0n) is 12.5. The lowest BCUT2D eigenvalue weighted by molar-refractivity contribution is 0.110. The van der Waals surface area contributed by atoms with Gasteiger partial charge in [-0.15, -0.1) is 0 Å². The zero-order valence-corrected chi connectivity index (χ0v) is 12.5. The highest BCUT2D eigenvalue weighted by atomic mass is 16.3. The fourth-order valence-corrected chi connectivity index (χ4v) is 2.33. The molecule has 114 valence electrons. The quantitative estimate of drug-likeness (QED) is 0.532. The third kappa shape index (κ3) is 3.37. The second-order valence-corrected chi connectivity index (χ2v) is 5.08. The molecule has 0 atom stereocenters. The van der Waals surface area contributed by atoms with Crippen molar-refractivity contribution in [3.05, 3.63) is 89.4 Å². The predicted molar refractivity (Wildman–Crippen MR) is 90.2 cm³/mol. The van der Waals surface area contributed by atoms with Gasteiger partial charge in [0.1, 0.15) is 5.71 Å². The fraction of sp³-hybridized carbons (Fsp3) is 0.0526. The molecule has 0 saturated carbocycles. The third-order valence-electron chi connectivity index (χ3n) is 3.51. The minimum absolute atomic E-state index is 0.222. The summed E-state index contributed by atoms with van der Waals surface area (Å²) in [6.45, 7) is 0.670. The molecule has 1 heterocycles. The van der Waals surface area contributed by atoms with Crippen LogP contribution >= 0.6 is 0 Å². The Morgan fingerprint density at radius 2 is 1.74 bits per heavy atom. The van der Waals surface area contributed by atoms with Crippen LogP contribution in [0, 0.1) is 5.41 Å². The summed E-state index contributed by atoms with van der Waals surface area (Å²) in [6.07, 6.45) is 0.635. The van der Waals surface area contributed by atoms with Gasteiger partial charge in [0.05, 0.1) is 0 Å². The van der Waals surface area contributed by atoms with Gasteiger partial charge >= 0.3 is 0 Å². The molecule has 1 aromatic heterocycles. The molecule has 4 nitrogen and oxygen atoms in total. The number of para-hydroxylation sites is 1.